The van der Waals surface area contributed by atoms with E-state index < -0.39 is 24.1 Å². The smallest absolute Gasteiger partial charge is 0.416 e. The standard InChI is InChI=1S/C50H58N6O11S4/c1-9-43(51-6)70-68-32(4)28-65-48(59)54-27-34-19-30(2)25-53(34)45(57)35-20-39(61-7)41(22-37(35)54)63-17-13-10-14-18-64-42-23-38-36(21-40(42)62-8)46(58)55-26-31(3)24-50(55)47(67-50)56(38)49(60)66-29-33(5)69-71-44-15-11-12-16-52-44/h9,11-12,15-16,20-23,32-34,47H,1-3,10,13-14,17-19,24-29H2,4-8H3/t32?,33?,34?,47-,50+/m0/s1. The van der Waals surface area contributed by atoms with Gasteiger partial charge < -0.3 is 43.0 Å². The minimum absolute atomic E-state index is 0.0553. The third kappa shape index (κ3) is 11.4. The van der Waals surface area contributed by atoms with Crippen LogP contribution in [-0.4, -0.2) is 140 Å². The second-order valence-electron chi connectivity index (χ2n) is 17.5. The van der Waals surface area contributed by atoms with Gasteiger partial charge in [-0.3, -0.25) is 19.5 Å². The van der Waals surface area contributed by atoms with E-state index in [0.29, 0.717) is 91.7 Å². The van der Waals surface area contributed by atoms with E-state index in [1.165, 1.54) is 67.2 Å². The fraction of sp³-hybridized carbons (Fsp3) is 0.440. The Labute approximate surface area is 429 Å². The Balaban J connectivity index is 0.907. The summed E-state index contributed by atoms with van der Waals surface area (Å²) in [6.07, 6.45) is 4.32. The van der Waals surface area contributed by atoms with Gasteiger partial charge in [-0.15, -0.1) is 0 Å². The molecule has 1 spiro atoms. The van der Waals surface area contributed by atoms with Gasteiger partial charge >= 0.3 is 12.2 Å². The van der Waals surface area contributed by atoms with Crippen molar-refractivity contribution in [2.24, 2.45) is 4.99 Å². The number of pyridine rings is 1. The predicted molar refractivity (Wildman–Crippen MR) is 280 cm³/mol. The number of unbranched alkanes of at least 4 members (excludes halogenated alkanes) is 2. The lowest BCUT2D eigenvalue weighted by atomic mass is 10.1. The Morgan fingerprint density at radius 3 is 2.18 bits per heavy atom. The number of hydrogen-bond donors (Lipinski definition) is 0. The Hall–Kier alpha value is -5.48. The third-order valence-electron chi connectivity index (χ3n) is 12.3. The molecule has 3 saturated heterocycles. The molecule has 2 aromatic carbocycles. The number of nitrogens with zero attached hydrogens (tertiary/aromatic N) is 6. The lowest BCUT2D eigenvalue weighted by Crippen LogP contribution is -2.42. The highest BCUT2D eigenvalue weighted by molar-refractivity contribution is 8.82. The van der Waals surface area contributed by atoms with Gasteiger partial charge in [-0.25, -0.2) is 19.5 Å². The van der Waals surface area contributed by atoms with Crippen LogP contribution in [0.1, 0.15) is 66.7 Å². The average molecular weight is 1050 g/mol. The number of anilines is 2. The van der Waals surface area contributed by atoms with Gasteiger partial charge in [-0.05, 0) is 91.5 Å². The molecule has 3 unspecified atom stereocenters. The number of carbonyl (C=O) groups is 4. The van der Waals surface area contributed by atoms with Gasteiger partial charge in [0.15, 0.2) is 35.0 Å². The van der Waals surface area contributed by atoms with Crippen molar-refractivity contribution in [1.82, 2.24) is 14.8 Å². The highest BCUT2D eigenvalue weighted by Crippen LogP contribution is 2.56. The van der Waals surface area contributed by atoms with Crippen LogP contribution in [0.4, 0.5) is 21.0 Å². The second kappa shape index (κ2) is 22.9. The molecule has 3 fully saturated rings. The van der Waals surface area contributed by atoms with Crippen LogP contribution >= 0.6 is 43.2 Å². The summed E-state index contributed by atoms with van der Waals surface area (Å²) in [5.41, 5.74) is 1.96. The number of ether oxygens (including phenoxy) is 7. The molecule has 0 aliphatic carbocycles. The summed E-state index contributed by atoms with van der Waals surface area (Å²) in [6.45, 7) is 17.7. The van der Waals surface area contributed by atoms with E-state index in [1.807, 2.05) is 32.0 Å². The molecule has 4 amide bonds. The van der Waals surface area contributed by atoms with Crippen LogP contribution in [0.5, 0.6) is 23.0 Å². The zero-order valence-corrected chi connectivity index (χ0v) is 43.7. The predicted octanol–water partition coefficient (Wildman–Crippen LogP) is 9.68. The molecule has 5 aliphatic heterocycles. The Morgan fingerprint density at radius 2 is 1.54 bits per heavy atom. The molecular formula is C50H58N6O11S4. The van der Waals surface area contributed by atoms with Crippen LogP contribution in [0.2, 0.25) is 0 Å². The lowest BCUT2D eigenvalue weighted by Gasteiger charge is -2.26. The van der Waals surface area contributed by atoms with Gasteiger partial charge in [-0.2, -0.15) is 0 Å². The summed E-state index contributed by atoms with van der Waals surface area (Å²) in [5, 5.41) is 1.49. The van der Waals surface area contributed by atoms with Crippen molar-refractivity contribution in [3.63, 3.8) is 0 Å². The molecule has 21 heteroatoms. The highest BCUT2D eigenvalue weighted by atomic mass is 33.1. The van der Waals surface area contributed by atoms with E-state index in [9.17, 15) is 19.2 Å². The molecule has 1 aromatic heterocycles. The Morgan fingerprint density at radius 1 is 0.873 bits per heavy atom. The number of rotatable bonds is 20. The van der Waals surface area contributed by atoms with Gasteiger partial charge in [0, 0.05) is 55.4 Å². The maximum absolute atomic E-state index is 14.2. The number of benzene rings is 2. The Bertz CT molecular complexity index is 2590. The van der Waals surface area contributed by atoms with Crippen LogP contribution in [0.15, 0.2) is 95.6 Å². The second-order valence-corrected chi connectivity index (χ2v) is 22.8. The van der Waals surface area contributed by atoms with Crippen molar-refractivity contribution in [2.45, 2.75) is 79.5 Å². The summed E-state index contributed by atoms with van der Waals surface area (Å²) in [6, 6.07) is 12.0. The van der Waals surface area contributed by atoms with Gasteiger partial charge in [0.2, 0.25) is 0 Å². The van der Waals surface area contributed by atoms with Crippen molar-refractivity contribution in [3.8, 4) is 23.0 Å². The van der Waals surface area contributed by atoms with Gasteiger partial charge in [0.25, 0.3) is 11.8 Å². The summed E-state index contributed by atoms with van der Waals surface area (Å²) in [4.78, 5) is 71.0. The quantitative estimate of drug-likeness (QED) is 0.0261. The molecule has 5 atom stereocenters. The third-order valence-corrected chi connectivity index (χ3v) is 17.9. The van der Waals surface area contributed by atoms with Gasteiger partial charge in [-0.1, -0.05) is 58.5 Å². The summed E-state index contributed by atoms with van der Waals surface area (Å²) in [5.74, 6) is 0.887. The number of aromatic nitrogens is 1. The van der Waals surface area contributed by atoms with Crippen molar-refractivity contribution >= 4 is 83.6 Å². The zero-order chi connectivity index (χ0) is 50.4. The van der Waals surface area contributed by atoms with Crippen LogP contribution in [0.25, 0.3) is 0 Å². The van der Waals surface area contributed by atoms with Crippen molar-refractivity contribution in [2.75, 3.05) is 77.1 Å². The molecule has 378 valence electrons. The van der Waals surface area contributed by atoms with Crippen LogP contribution in [0, 0.1) is 0 Å². The summed E-state index contributed by atoms with van der Waals surface area (Å²) < 4.78 is 42.0. The molecule has 71 heavy (non-hydrogen) atoms. The molecular weight excluding hydrogens is 989 g/mol. The number of epoxide rings is 1. The lowest BCUT2D eigenvalue weighted by molar-refractivity contribution is 0.0581. The van der Waals surface area contributed by atoms with Crippen molar-refractivity contribution in [1.29, 1.82) is 0 Å². The number of carbonyl (C=O) groups excluding carboxylic acids is 4. The topological polar surface area (TPSA) is 174 Å². The molecule has 0 saturated carbocycles. The first-order valence-corrected chi connectivity index (χ1v) is 27.6. The maximum Gasteiger partial charge on any atom is 0.416 e. The van der Waals surface area contributed by atoms with Crippen LogP contribution in [0.3, 0.4) is 0 Å². The minimum Gasteiger partial charge on any atom is -0.493 e. The fourth-order valence-electron chi connectivity index (χ4n) is 8.79. The zero-order valence-electron chi connectivity index (χ0n) is 40.4. The first kappa shape index (κ1) is 51.9. The summed E-state index contributed by atoms with van der Waals surface area (Å²) in [7, 11) is 10.7. The van der Waals surface area contributed by atoms with E-state index in [2.05, 4.69) is 29.7 Å². The largest absolute Gasteiger partial charge is 0.493 e. The van der Waals surface area contributed by atoms with Crippen LogP contribution < -0.4 is 28.7 Å². The van der Waals surface area contributed by atoms with Crippen molar-refractivity contribution < 1.29 is 52.3 Å². The SMILES string of the molecule is C=CC(=NC)SSC(C)COC(=O)N1CC2CC(=C)CN2C(=O)c2cc(OC)c(OCCCCCOc3cc4c(cc3OC)C(=O)N3CC(=C)C[C@]35O[C@@H]5N4C(=O)OCC(C)SSc3ccccn3)cc21. The maximum atomic E-state index is 14.2. The normalized spacial score (nSPS) is 20.9. The molecule has 8 rings (SSSR count). The fourth-order valence-corrected chi connectivity index (χ4v) is 12.6. The number of methoxy groups -OCH3 is 2. The Kier molecular flexibility index (Phi) is 16.8. The minimum atomic E-state index is -1.03. The van der Waals surface area contributed by atoms with E-state index in [0.717, 1.165) is 21.2 Å². The van der Waals surface area contributed by atoms with E-state index >= 15 is 0 Å². The summed E-state index contributed by atoms with van der Waals surface area (Å²) >= 11 is 0. The molecule has 6 heterocycles. The molecule has 0 N–H and O–H groups in total. The molecule has 17 nitrogen and oxygen atoms in total. The number of fused-ring (bicyclic) bond motifs is 3. The average Bonchev–Trinajstić information content (AvgIpc) is 3.83. The van der Waals surface area contributed by atoms with E-state index in [-0.39, 0.29) is 60.3 Å². The van der Waals surface area contributed by atoms with Crippen molar-refractivity contribution in [3.05, 3.63) is 96.7 Å². The number of aliphatic imine (C=N–C) groups is 1. The number of hydrogen-bond acceptors (Lipinski definition) is 17. The monoisotopic (exact) mass is 1050 g/mol. The van der Waals surface area contributed by atoms with Gasteiger partial charge in [0.05, 0.1) is 62.5 Å². The van der Waals surface area contributed by atoms with Crippen LogP contribution in [-0.2, 0) is 14.2 Å². The molecule has 0 bridgehead atoms. The first-order chi connectivity index (χ1) is 34.3. The van der Waals surface area contributed by atoms with Gasteiger partial charge in [0.1, 0.15) is 23.3 Å². The molecule has 3 aromatic rings. The molecule has 0 radical (unpaired) electrons. The first-order valence-electron chi connectivity index (χ1n) is 23.2. The number of amides is 4. The van der Waals surface area contributed by atoms with E-state index in [4.69, 9.17) is 33.2 Å². The molecule has 5 aliphatic rings. The van der Waals surface area contributed by atoms with E-state index in [1.54, 1.807) is 53.4 Å². The highest BCUT2D eigenvalue weighted by Gasteiger charge is 2.71.